The zero-order chi connectivity index (χ0) is 37.0. The Morgan fingerprint density at radius 3 is 2.45 bits per heavy atom. The first kappa shape index (κ1) is 34.6. The summed E-state index contributed by atoms with van der Waals surface area (Å²) in [5.41, 5.74) is 12.2. The molecule has 2 nitrogen and oxygen atoms in total. The highest BCUT2D eigenvalue weighted by Crippen LogP contribution is 2.47. The van der Waals surface area contributed by atoms with Crippen molar-refractivity contribution in [3.8, 4) is 0 Å². The maximum absolute atomic E-state index is 6.82. The van der Waals surface area contributed by atoms with E-state index in [0.717, 1.165) is 25.7 Å². The molecule has 1 heterocycles. The van der Waals surface area contributed by atoms with Crippen molar-refractivity contribution in [1.29, 1.82) is 0 Å². The van der Waals surface area contributed by atoms with E-state index in [1.54, 1.807) is 22.3 Å². The van der Waals surface area contributed by atoms with E-state index >= 15 is 0 Å². The summed E-state index contributed by atoms with van der Waals surface area (Å²) < 4.78 is 6.82. The van der Waals surface area contributed by atoms with Gasteiger partial charge in [0.05, 0.1) is 18.2 Å². The highest BCUT2D eigenvalue weighted by atomic mass is 16.5. The van der Waals surface area contributed by atoms with Gasteiger partial charge in [-0.1, -0.05) is 145 Å². The molecule has 1 aromatic rings. The first-order chi connectivity index (χ1) is 27.8. The molecule has 10 aliphatic rings. The number of allylic oxidation sites excluding steroid dienone is 19. The third-order valence-corrected chi connectivity index (χ3v) is 14.7. The summed E-state index contributed by atoms with van der Waals surface area (Å²) >= 11 is 0. The molecule has 1 fully saturated rings. The molecule has 56 heavy (non-hydrogen) atoms. The second kappa shape index (κ2) is 14.7. The van der Waals surface area contributed by atoms with Crippen molar-refractivity contribution in [2.24, 2.45) is 35.5 Å². The zero-order valence-electron chi connectivity index (χ0n) is 32.7. The first-order valence-electron chi connectivity index (χ1n) is 22.0. The SMILES string of the molecule is C1=CCC(C2=CC=CC3C2OC2C=CC(C4C=CC(N(C5=c6ccccc6=C6C=CCCC6C5)C5C=CC(C6CCCC7=C6C=CCC7)=CC5)=CC4)=C[C@H]23)C=C1. The van der Waals surface area contributed by atoms with Crippen molar-refractivity contribution in [2.45, 2.75) is 88.9 Å². The average molecular weight is 734 g/mol. The van der Waals surface area contributed by atoms with Crippen LogP contribution >= 0.6 is 0 Å². The number of nitrogens with zero attached hydrogens (tertiary/aromatic N) is 1. The average Bonchev–Trinajstić information content (AvgIpc) is 3.65. The molecule has 282 valence electrons. The largest absolute Gasteiger partial charge is 0.365 e. The van der Waals surface area contributed by atoms with Crippen molar-refractivity contribution in [2.75, 3.05) is 0 Å². The predicted octanol–water partition coefficient (Wildman–Crippen LogP) is 10.9. The van der Waals surface area contributed by atoms with Gasteiger partial charge in [0.25, 0.3) is 0 Å². The van der Waals surface area contributed by atoms with Crippen molar-refractivity contribution in [3.05, 3.63) is 190 Å². The Bertz CT molecular complexity index is 2340. The van der Waals surface area contributed by atoms with Crippen molar-refractivity contribution in [3.63, 3.8) is 0 Å². The van der Waals surface area contributed by atoms with Gasteiger partial charge < -0.3 is 9.64 Å². The Morgan fingerprint density at radius 1 is 0.661 bits per heavy atom. The summed E-state index contributed by atoms with van der Waals surface area (Å²) in [6, 6.07) is 9.56. The quantitative estimate of drug-likeness (QED) is 0.289. The topological polar surface area (TPSA) is 12.5 Å². The van der Waals surface area contributed by atoms with Crippen LogP contribution in [0.2, 0.25) is 0 Å². The molecule has 0 amide bonds. The van der Waals surface area contributed by atoms with Crippen LogP contribution in [0.15, 0.2) is 179 Å². The van der Waals surface area contributed by atoms with Gasteiger partial charge in [-0.2, -0.15) is 0 Å². The van der Waals surface area contributed by atoms with Crippen molar-refractivity contribution >= 4 is 11.3 Å². The van der Waals surface area contributed by atoms with Crippen LogP contribution in [0.25, 0.3) is 11.3 Å². The van der Waals surface area contributed by atoms with Crippen LogP contribution in [0.5, 0.6) is 0 Å². The number of ether oxygens (including phenoxy) is 1. The summed E-state index contributed by atoms with van der Waals surface area (Å²) in [7, 11) is 0. The zero-order valence-corrected chi connectivity index (χ0v) is 32.7. The fourth-order valence-corrected chi connectivity index (χ4v) is 11.9. The second-order valence-corrected chi connectivity index (χ2v) is 17.7. The molecule has 1 saturated heterocycles. The molecule has 0 N–H and O–H groups in total. The van der Waals surface area contributed by atoms with Gasteiger partial charge in [-0.15, -0.1) is 0 Å². The van der Waals surface area contributed by atoms with E-state index in [1.807, 2.05) is 0 Å². The highest BCUT2D eigenvalue weighted by Gasteiger charge is 2.46. The summed E-state index contributed by atoms with van der Waals surface area (Å²) in [6.45, 7) is 0. The molecule has 9 atom stereocenters. The fourth-order valence-electron chi connectivity index (χ4n) is 11.9. The van der Waals surface area contributed by atoms with Gasteiger partial charge in [0.1, 0.15) is 0 Å². The van der Waals surface area contributed by atoms with E-state index in [2.05, 4.69) is 151 Å². The third-order valence-electron chi connectivity index (χ3n) is 14.7. The van der Waals surface area contributed by atoms with Crippen LogP contribution in [0.4, 0.5) is 0 Å². The molecule has 0 spiro atoms. The lowest BCUT2D eigenvalue weighted by molar-refractivity contribution is 0.0764. The van der Waals surface area contributed by atoms with Gasteiger partial charge >= 0.3 is 0 Å². The molecule has 9 aliphatic carbocycles. The van der Waals surface area contributed by atoms with E-state index < -0.39 is 0 Å². The van der Waals surface area contributed by atoms with E-state index in [9.17, 15) is 0 Å². The number of benzene rings is 1. The second-order valence-electron chi connectivity index (χ2n) is 17.7. The van der Waals surface area contributed by atoms with Crippen molar-refractivity contribution in [1.82, 2.24) is 4.90 Å². The minimum absolute atomic E-state index is 0.151. The van der Waals surface area contributed by atoms with Crippen LogP contribution in [-0.4, -0.2) is 23.1 Å². The van der Waals surface area contributed by atoms with Gasteiger partial charge in [0.2, 0.25) is 0 Å². The summed E-state index contributed by atoms with van der Waals surface area (Å²) in [6.07, 6.45) is 61.7. The van der Waals surface area contributed by atoms with E-state index in [-0.39, 0.29) is 12.2 Å². The minimum atomic E-state index is 0.151. The lowest BCUT2D eigenvalue weighted by Gasteiger charge is -2.41. The Balaban J connectivity index is 0.892. The summed E-state index contributed by atoms with van der Waals surface area (Å²) in [5, 5.41) is 2.86. The summed E-state index contributed by atoms with van der Waals surface area (Å²) in [5.74, 6) is 2.75. The number of rotatable bonds is 6. The Labute approximate surface area is 333 Å². The lowest BCUT2D eigenvalue weighted by atomic mass is 9.74. The number of fused-ring (bicyclic) bond motifs is 5. The molecule has 0 saturated carbocycles. The van der Waals surface area contributed by atoms with Crippen LogP contribution in [-0.2, 0) is 4.74 Å². The molecule has 2 heteroatoms. The van der Waals surface area contributed by atoms with E-state index in [1.165, 1.54) is 77.9 Å². The van der Waals surface area contributed by atoms with Crippen LogP contribution in [0.3, 0.4) is 0 Å². The number of hydrogen-bond donors (Lipinski definition) is 0. The molecule has 11 rings (SSSR count). The molecule has 1 aromatic carbocycles. The summed E-state index contributed by atoms with van der Waals surface area (Å²) in [4.78, 5) is 2.77. The highest BCUT2D eigenvalue weighted by molar-refractivity contribution is 5.68. The number of hydrogen-bond acceptors (Lipinski definition) is 2. The minimum Gasteiger partial charge on any atom is -0.365 e. The first-order valence-corrected chi connectivity index (χ1v) is 22.0. The van der Waals surface area contributed by atoms with Crippen LogP contribution in [0, 0.1) is 35.5 Å². The molecule has 8 unspecified atom stereocenters. The van der Waals surface area contributed by atoms with E-state index in [0.29, 0.717) is 41.5 Å². The smallest absolute Gasteiger partial charge is 0.0871 e. The Kier molecular flexibility index (Phi) is 9.07. The molecular weight excluding hydrogens is 679 g/mol. The molecule has 0 radical (unpaired) electrons. The van der Waals surface area contributed by atoms with Crippen LogP contribution < -0.4 is 10.4 Å². The van der Waals surface area contributed by atoms with Gasteiger partial charge in [0, 0.05) is 46.2 Å². The monoisotopic (exact) mass is 733 g/mol. The van der Waals surface area contributed by atoms with Gasteiger partial charge in [-0.05, 0) is 116 Å². The van der Waals surface area contributed by atoms with Crippen molar-refractivity contribution < 1.29 is 4.74 Å². The van der Waals surface area contributed by atoms with Gasteiger partial charge in [-0.3, -0.25) is 0 Å². The molecule has 1 aliphatic heterocycles. The maximum Gasteiger partial charge on any atom is 0.0871 e. The fraction of sp³-hybridized carbons (Fsp3) is 0.370. The maximum atomic E-state index is 6.82. The predicted molar refractivity (Wildman–Crippen MR) is 231 cm³/mol. The van der Waals surface area contributed by atoms with Crippen LogP contribution in [0.1, 0.15) is 70.6 Å². The normalized spacial score (nSPS) is 34.9. The lowest BCUT2D eigenvalue weighted by Crippen LogP contribution is -2.44. The molecule has 0 aromatic heterocycles. The van der Waals surface area contributed by atoms with Gasteiger partial charge in [-0.25, -0.2) is 0 Å². The molecular formula is C54H55NO. The molecule has 0 bridgehead atoms. The van der Waals surface area contributed by atoms with Gasteiger partial charge in [0.15, 0.2) is 0 Å². The Hall–Kier alpha value is -4.66. The standard InChI is InChI=1S/C54H55NO/c1-2-12-38(13-3-1)47-22-11-23-50-51-34-40(28-33-53(51)56-54(47)50)36-24-29-42(30-25-36)55(52-35-41-15-5-7-18-46(41)48-19-8-9-20-49(48)52)43-31-26-39(27-32-43)45-21-10-16-37-14-4-6-17-44(37)45/h1-3,6-9,11-12,17-20,22-24,26-31,33-34,36,38,41,43,45,50-51,53-54H,4-5,10,13-16,21,25,32,35H2/t36?,38?,41?,43?,45?,50?,51-,53?,54?/m0/s1. The third kappa shape index (κ3) is 6.11. The Morgan fingerprint density at radius 2 is 1.57 bits per heavy atom. The van der Waals surface area contributed by atoms with E-state index in [4.69, 9.17) is 4.74 Å².